The van der Waals surface area contributed by atoms with Gasteiger partial charge in [-0.3, -0.25) is 4.98 Å². The van der Waals surface area contributed by atoms with Crippen molar-refractivity contribution >= 4 is 10.9 Å². The highest BCUT2D eigenvalue weighted by Gasteiger charge is 2.03. The van der Waals surface area contributed by atoms with Crippen LogP contribution in [0, 0.1) is 5.82 Å². The second-order valence-corrected chi connectivity index (χ2v) is 2.68. The Kier molecular flexibility index (Phi) is 1.85. The van der Waals surface area contributed by atoms with Gasteiger partial charge in [0.1, 0.15) is 11.6 Å². The Morgan fingerprint density at radius 1 is 1.38 bits per heavy atom. The lowest BCUT2D eigenvalue weighted by Crippen LogP contribution is -1.87. The molecule has 0 unspecified atom stereocenters. The van der Waals surface area contributed by atoms with E-state index in [1.165, 1.54) is 13.2 Å². The summed E-state index contributed by atoms with van der Waals surface area (Å²) in [6, 6.07) is 6.46. The van der Waals surface area contributed by atoms with Gasteiger partial charge in [-0.25, -0.2) is 4.39 Å². The average Bonchev–Trinajstić information content (AvgIpc) is 2.18. The van der Waals surface area contributed by atoms with Gasteiger partial charge in [0.25, 0.3) is 0 Å². The third-order valence-electron chi connectivity index (χ3n) is 1.88. The summed E-state index contributed by atoms with van der Waals surface area (Å²) in [5.41, 5.74) is 0.611. The average molecular weight is 177 g/mol. The summed E-state index contributed by atoms with van der Waals surface area (Å²) in [4.78, 5) is 4.03. The zero-order valence-corrected chi connectivity index (χ0v) is 7.12. The van der Waals surface area contributed by atoms with Crippen molar-refractivity contribution in [2.45, 2.75) is 0 Å². The molecular formula is C10H8FNO. The molecule has 0 N–H and O–H groups in total. The summed E-state index contributed by atoms with van der Waals surface area (Å²) >= 11 is 0. The molecule has 13 heavy (non-hydrogen) atoms. The maximum atomic E-state index is 13.3. The summed E-state index contributed by atoms with van der Waals surface area (Å²) in [7, 11) is 1.50. The minimum Gasteiger partial charge on any atom is -0.497 e. The summed E-state index contributed by atoms with van der Waals surface area (Å²) in [6.45, 7) is 0. The van der Waals surface area contributed by atoms with Crippen LogP contribution < -0.4 is 4.74 Å². The summed E-state index contributed by atoms with van der Waals surface area (Å²) < 4.78 is 18.2. The van der Waals surface area contributed by atoms with E-state index < -0.39 is 0 Å². The minimum atomic E-state index is -0.303. The van der Waals surface area contributed by atoms with E-state index in [2.05, 4.69) is 4.98 Å². The number of rotatable bonds is 1. The molecule has 2 rings (SSSR count). The number of hydrogen-bond acceptors (Lipinski definition) is 2. The number of ether oxygens (including phenoxy) is 1. The number of methoxy groups -OCH3 is 1. The normalized spacial score (nSPS) is 10.3. The molecule has 0 radical (unpaired) electrons. The van der Waals surface area contributed by atoms with Gasteiger partial charge in [-0.1, -0.05) is 0 Å². The fourth-order valence-corrected chi connectivity index (χ4v) is 1.23. The van der Waals surface area contributed by atoms with Gasteiger partial charge in [-0.2, -0.15) is 0 Å². The van der Waals surface area contributed by atoms with Gasteiger partial charge in [0.15, 0.2) is 0 Å². The molecule has 0 fully saturated rings. The third kappa shape index (κ3) is 1.33. The Morgan fingerprint density at radius 2 is 2.23 bits per heavy atom. The van der Waals surface area contributed by atoms with Crippen LogP contribution >= 0.6 is 0 Å². The van der Waals surface area contributed by atoms with Gasteiger partial charge in [-0.05, 0) is 12.1 Å². The maximum absolute atomic E-state index is 13.3. The van der Waals surface area contributed by atoms with Crippen LogP contribution in [0.4, 0.5) is 4.39 Å². The van der Waals surface area contributed by atoms with E-state index in [4.69, 9.17) is 4.74 Å². The highest BCUT2D eigenvalue weighted by atomic mass is 19.1. The number of fused-ring (bicyclic) bond motifs is 1. The lowest BCUT2D eigenvalue weighted by Gasteiger charge is -2.02. The van der Waals surface area contributed by atoms with Gasteiger partial charge < -0.3 is 4.74 Å². The molecule has 1 aromatic heterocycles. The smallest absolute Gasteiger partial charge is 0.136 e. The van der Waals surface area contributed by atoms with Gasteiger partial charge in [0.05, 0.1) is 12.6 Å². The molecule has 0 bridgehead atoms. The first-order valence-electron chi connectivity index (χ1n) is 3.89. The van der Waals surface area contributed by atoms with E-state index in [1.807, 2.05) is 0 Å². The van der Waals surface area contributed by atoms with Gasteiger partial charge in [-0.15, -0.1) is 0 Å². The van der Waals surface area contributed by atoms with Crippen LogP contribution in [0.5, 0.6) is 5.75 Å². The molecule has 1 aromatic carbocycles. The fraction of sp³-hybridized carbons (Fsp3) is 0.100. The molecule has 0 aliphatic carbocycles. The van der Waals surface area contributed by atoms with Crippen molar-refractivity contribution < 1.29 is 9.13 Å². The van der Waals surface area contributed by atoms with Crippen molar-refractivity contribution in [1.29, 1.82) is 0 Å². The van der Waals surface area contributed by atoms with Crippen molar-refractivity contribution in [2.24, 2.45) is 0 Å². The van der Waals surface area contributed by atoms with E-state index in [0.29, 0.717) is 16.7 Å². The molecule has 66 valence electrons. The van der Waals surface area contributed by atoms with Crippen LogP contribution in [0.25, 0.3) is 10.9 Å². The van der Waals surface area contributed by atoms with Crippen LogP contribution in [0.15, 0.2) is 30.5 Å². The van der Waals surface area contributed by atoms with Crippen LogP contribution in [0.1, 0.15) is 0 Å². The van der Waals surface area contributed by atoms with Crippen LogP contribution in [0.2, 0.25) is 0 Å². The molecule has 1 heterocycles. The Labute approximate surface area is 75.0 Å². The Bertz CT molecular complexity index is 442. The fourth-order valence-electron chi connectivity index (χ4n) is 1.23. The number of halogens is 1. The lowest BCUT2D eigenvalue weighted by atomic mass is 10.2. The van der Waals surface area contributed by atoms with Crippen LogP contribution in [-0.2, 0) is 0 Å². The van der Waals surface area contributed by atoms with E-state index in [0.717, 1.165) is 0 Å². The van der Waals surface area contributed by atoms with Crippen molar-refractivity contribution in [3.8, 4) is 5.75 Å². The summed E-state index contributed by atoms with van der Waals surface area (Å²) in [5.74, 6) is 0.186. The molecule has 3 heteroatoms. The standard InChI is InChI=1S/C10H8FNO/c1-13-7-5-9(11)8-3-2-4-12-10(8)6-7/h2-6H,1H3. The lowest BCUT2D eigenvalue weighted by molar-refractivity contribution is 0.412. The molecule has 0 aliphatic rings. The SMILES string of the molecule is COc1cc(F)c2cccnc2c1. The molecule has 2 nitrogen and oxygen atoms in total. The predicted molar refractivity (Wildman–Crippen MR) is 48.3 cm³/mol. The van der Waals surface area contributed by atoms with Gasteiger partial charge >= 0.3 is 0 Å². The largest absolute Gasteiger partial charge is 0.497 e. The summed E-state index contributed by atoms with van der Waals surface area (Å²) in [5, 5.41) is 0.517. The minimum absolute atomic E-state index is 0.303. The first kappa shape index (κ1) is 7.98. The van der Waals surface area contributed by atoms with E-state index in [9.17, 15) is 4.39 Å². The number of pyridine rings is 1. The van der Waals surface area contributed by atoms with E-state index in [1.54, 1.807) is 24.4 Å². The highest BCUT2D eigenvalue weighted by molar-refractivity contribution is 5.80. The molecule has 0 saturated heterocycles. The molecule has 0 atom stereocenters. The summed E-state index contributed by atoms with van der Waals surface area (Å²) in [6.07, 6.45) is 1.63. The van der Waals surface area contributed by atoms with Crippen LogP contribution in [0.3, 0.4) is 0 Å². The first-order chi connectivity index (χ1) is 6.31. The zero-order chi connectivity index (χ0) is 9.26. The highest BCUT2D eigenvalue weighted by Crippen LogP contribution is 2.21. The Balaban J connectivity index is 2.77. The van der Waals surface area contributed by atoms with Crippen LogP contribution in [-0.4, -0.2) is 12.1 Å². The van der Waals surface area contributed by atoms with E-state index >= 15 is 0 Å². The molecule has 0 spiro atoms. The maximum Gasteiger partial charge on any atom is 0.136 e. The zero-order valence-electron chi connectivity index (χ0n) is 7.12. The number of nitrogens with zero attached hydrogens (tertiary/aromatic N) is 1. The predicted octanol–water partition coefficient (Wildman–Crippen LogP) is 2.38. The number of benzene rings is 1. The quantitative estimate of drug-likeness (QED) is 0.667. The third-order valence-corrected chi connectivity index (χ3v) is 1.88. The Morgan fingerprint density at radius 3 is 3.00 bits per heavy atom. The Hall–Kier alpha value is -1.64. The van der Waals surface area contributed by atoms with Gasteiger partial charge in [0, 0.05) is 23.7 Å². The second-order valence-electron chi connectivity index (χ2n) is 2.68. The molecule has 0 aliphatic heterocycles. The van der Waals surface area contributed by atoms with Gasteiger partial charge in [0.2, 0.25) is 0 Å². The molecular weight excluding hydrogens is 169 g/mol. The second kappa shape index (κ2) is 3.01. The monoisotopic (exact) mass is 177 g/mol. The first-order valence-corrected chi connectivity index (χ1v) is 3.89. The molecule has 2 aromatic rings. The molecule has 0 saturated carbocycles. The van der Waals surface area contributed by atoms with Crippen molar-refractivity contribution in [3.63, 3.8) is 0 Å². The van der Waals surface area contributed by atoms with Crippen molar-refractivity contribution in [3.05, 3.63) is 36.3 Å². The van der Waals surface area contributed by atoms with Crippen molar-refractivity contribution in [1.82, 2.24) is 4.98 Å². The topological polar surface area (TPSA) is 22.1 Å². The number of hydrogen-bond donors (Lipinski definition) is 0. The van der Waals surface area contributed by atoms with Crippen molar-refractivity contribution in [2.75, 3.05) is 7.11 Å². The van der Waals surface area contributed by atoms with E-state index in [-0.39, 0.29) is 5.82 Å². The molecule has 0 amide bonds. The number of aromatic nitrogens is 1.